The minimum atomic E-state index is 0.116. The number of rotatable bonds is 8. The summed E-state index contributed by atoms with van der Waals surface area (Å²) in [5, 5.41) is 3.51. The average molecular weight is 273 g/mol. The van der Waals surface area contributed by atoms with Crippen LogP contribution in [-0.2, 0) is 6.54 Å². The van der Waals surface area contributed by atoms with Gasteiger partial charge in [0.2, 0.25) is 0 Å². The fourth-order valence-corrected chi connectivity index (χ4v) is 2.14. The van der Waals surface area contributed by atoms with Crippen LogP contribution in [-0.4, -0.2) is 22.7 Å². The maximum Gasteiger partial charge on any atom is 0.129 e. The van der Waals surface area contributed by atoms with E-state index in [0.29, 0.717) is 6.61 Å². The van der Waals surface area contributed by atoms with Crippen molar-refractivity contribution in [1.82, 2.24) is 14.9 Å². The van der Waals surface area contributed by atoms with Gasteiger partial charge in [-0.25, -0.2) is 4.98 Å². The molecule has 1 N–H and O–H groups in total. The van der Waals surface area contributed by atoms with Gasteiger partial charge in [-0.3, -0.25) is 0 Å². The fraction of sp³-hybridized carbons (Fsp3) is 0.438. The van der Waals surface area contributed by atoms with E-state index in [2.05, 4.69) is 28.7 Å². The fourth-order valence-electron chi connectivity index (χ4n) is 2.14. The summed E-state index contributed by atoms with van der Waals surface area (Å²) in [4.78, 5) is 4.47. The minimum Gasteiger partial charge on any atom is -0.491 e. The topological polar surface area (TPSA) is 39.1 Å². The largest absolute Gasteiger partial charge is 0.491 e. The molecule has 1 aromatic carbocycles. The van der Waals surface area contributed by atoms with E-state index in [1.54, 1.807) is 0 Å². The Morgan fingerprint density at radius 3 is 2.75 bits per heavy atom. The Balaban J connectivity index is 2.04. The lowest BCUT2D eigenvalue weighted by Crippen LogP contribution is -2.30. The molecule has 0 aliphatic carbocycles. The smallest absolute Gasteiger partial charge is 0.129 e. The average Bonchev–Trinajstić information content (AvgIpc) is 2.97. The van der Waals surface area contributed by atoms with Crippen molar-refractivity contribution >= 4 is 0 Å². The summed E-state index contributed by atoms with van der Waals surface area (Å²) in [7, 11) is 0. The molecule has 0 saturated heterocycles. The Bertz CT molecular complexity index is 495. The standard InChI is InChI=1S/C16H23N3O/c1-3-10-17-15(16-18-11-12-19(16)4-2)13-20-14-8-6-5-7-9-14/h5-9,11-12,15,17H,3-4,10,13H2,1-2H3. The molecular weight excluding hydrogens is 250 g/mol. The summed E-state index contributed by atoms with van der Waals surface area (Å²) in [5.41, 5.74) is 0. The maximum absolute atomic E-state index is 5.87. The molecule has 0 amide bonds. The first-order valence-electron chi connectivity index (χ1n) is 7.27. The number of para-hydroxylation sites is 1. The van der Waals surface area contributed by atoms with Crippen molar-refractivity contribution < 1.29 is 4.74 Å². The van der Waals surface area contributed by atoms with Crippen LogP contribution in [0, 0.1) is 0 Å². The van der Waals surface area contributed by atoms with Gasteiger partial charge >= 0.3 is 0 Å². The summed E-state index contributed by atoms with van der Waals surface area (Å²) in [6, 6.07) is 10.0. The monoisotopic (exact) mass is 273 g/mol. The molecule has 4 nitrogen and oxygen atoms in total. The van der Waals surface area contributed by atoms with Crippen LogP contribution in [0.3, 0.4) is 0 Å². The Morgan fingerprint density at radius 2 is 2.05 bits per heavy atom. The second kappa shape index (κ2) is 7.70. The summed E-state index contributed by atoms with van der Waals surface area (Å²) in [6.45, 7) is 6.75. The third kappa shape index (κ3) is 3.84. The zero-order valence-corrected chi connectivity index (χ0v) is 12.2. The van der Waals surface area contributed by atoms with Gasteiger partial charge in [0, 0.05) is 18.9 Å². The number of nitrogens with one attached hydrogen (secondary N) is 1. The molecular formula is C16H23N3O. The van der Waals surface area contributed by atoms with Crippen LogP contribution < -0.4 is 10.1 Å². The highest BCUT2D eigenvalue weighted by Crippen LogP contribution is 2.15. The first-order valence-corrected chi connectivity index (χ1v) is 7.27. The van der Waals surface area contributed by atoms with E-state index in [4.69, 9.17) is 4.74 Å². The highest BCUT2D eigenvalue weighted by molar-refractivity contribution is 5.21. The molecule has 0 radical (unpaired) electrons. The number of nitrogens with zero attached hydrogens (tertiary/aromatic N) is 2. The van der Waals surface area contributed by atoms with E-state index in [9.17, 15) is 0 Å². The number of hydrogen-bond donors (Lipinski definition) is 1. The quantitative estimate of drug-likeness (QED) is 0.803. The van der Waals surface area contributed by atoms with E-state index in [-0.39, 0.29) is 6.04 Å². The van der Waals surface area contributed by atoms with Crippen LogP contribution >= 0.6 is 0 Å². The molecule has 1 aromatic heterocycles. The van der Waals surface area contributed by atoms with Crippen LogP contribution in [0.4, 0.5) is 0 Å². The molecule has 1 atom stereocenters. The number of imidazole rings is 1. The third-order valence-corrected chi connectivity index (χ3v) is 3.20. The number of ether oxygens (including phenoxy) is 1. The zero-order chi connectivity index (χ0) is 14.2. The van der Waals surface area contributed by atoms with E-state index in [1.165, 1.54) is 0 Å². The summed E-state index contributed by atoms with van der Waals surface area (Å²) in [6.07, 6.45) is 4.95. The van der Waals surface area contributed by atoms with Crippen molar-refractivity contribution in [3.63, 3.8) is 0 Å². The summed E-state index contributed by atoms with van der Waals surface area (Å²) >= 11 is 0. The van der Waals surface area contributed by atoms with Crippen LogP contribution in [0.25, 0.3) is 0 Å². The SMILES string of the molecule is CCCNC(COc1ccccc1)c1nccn1CC. The van der Waals surface area contributed by atoms with Gasteiger partial charge in [0.05, 0.1) is 0 Å². The molecule has 0 saturated carbocycles. The molecule has 20 heavy (non-hydrogen) atoms. The molecule has 0 aliphatic heterocycles. The molecule has 1 unspecified atom stereocenters. The van der Waals surface area contributed by atoms with Gasteiger partial charge in [-0.1, -0.05) is 25.1 Å². The molecule has 0 spiro atoms. The minimum absolute atomic E-state index is 0.116. The Morgan fingerprint density at radius 1 is 1.25 bits per heavy atom. The number of benzene rings is 1. The lowest BCUT2D eigenvalue weighted by Gasteiger charge is -2.19. The van der Waals surface area contributed by atoms with E-state index >= 15 is 0 Å². The van der Waals surface area contributed by atoms with E-state index in [0.717, 1.165) is 31.1 Å². The molecule has 2 rings (SSSR count). The van der Waals surface area contributed by atoms with Crippen LogP contribution in [0.5, 0.6) is 5.75 Å². The predicted molar refractivity (Wildman–Crippen MR) is 80.9 cm³/mol. The highest BCUT2D eigenvalue weighted by atomic mass is 16.5. The number of aromatic nitrogens is 2. The lowest BCUT2D eigenvalue weighted by atomic mass is 10.2. The summed E-state index contributed by atoms with van der Waals surface area (Å²) in [5.74, 6) is 1.93. The Hall–Kier alpha value is -1.81. The molecule has 0 aliphatic rings. The van der Waals surface area contributed by atoms with Gasteiger partial charge in [-0.2, -0.15) is 0 Å². The van der Waals surface area contributed by atoms with Crippen LogP contribution in [0.1, 0.15) is 32.1 Å². The first-order chi connectivity index (χ1) is 9.85. The zero-order valence-electron chi connectivity index (χ0n) is 12.2. The van der Waals surface area contributed by atoms with E-state index in [1.807, 2.05) is 42.7 Å². The Labute approximate surface area is 120 Å². The van der Waals surface area contributed by atoms with Gasteiger partial charge < -0.3 is 14.6 Å². The lowest BCUT2D eigenvalue weighted by molar-refractivity contribution is 0.257. The molecule has 4 heteroatoms. The molecule has 0 bridgehead atoms. The Kier molecular flexibility index (Phi) is 5.62. The first kappa shape index (κ1) is 14.6. The number of aryl methyl sites for hydroxylation is 1. The normalized spacial score (nSPS) is 12.3. The van der Waals surface area contributed by atoms with Crippen molar-refractivity contribution in [3.05, 3.63) is 48.5 Å². The van der Waals surface area contributed by atoms with Gasteiger partial charge in [-0.05, 0) is 32.0 Å². The van der Waals surface area contributed by atoms with Crippen LogP contribution in [0.2, 0.25) is 0 Å². The van der Waals surface area contributed by atoms with Crippen molar-refractivity contribution in [1.29, 1.82) is 0 Å². The number of hydrogen-bond acceptors (Lipinski definition) is 3. The highest BCUT2D eigenvalue weighted by Gasteiger charge is 2.16. The van der Waals surface area contributed by atoms with Gasteiger partial charge in [0.1, 0.15) is 24.2 Å². The molecule has 0 fully saturated rings. The van der Waals surface area contributed by atoms with Crippen molar-refractivity contribution in [2.45, 2.75) is 32.9 Å². The maximum atomic E-state index is 5.87. The van der Waals surface area contributed by atoms with Crippen molar-refractivity contribution in [2.75, 3.05) is 13.2 Å². The van der Waals surface area contributed by atoms with Gasteiger partial charge in [0.25, 0.3) is 0 Å². The second-order valence-corrected chi connectivity index (χ2v) is 4.70. The molecule has 2 aromatic rings. The van der Waals surface area contributed by atoms with Crippen molar-refractivity contribution in [3.8, 4) is 5.75 Å². The van der Waals surface area contributed by atoms with Gasteiger partial charge in [0.15, 0.2) is 0 Å². The van der Waals surface area contributed by atoms with E-state index < -0.39 is 0 Å². The second-order valence-electron chi connectivity index (χ2n) is 4.70. The van der Waals surface area contributed by atoms with Crippen molar-refractivity contribution in [2.24, 2.45) is 0 Å². The third-order valence-electron chi connectivity index (χ3n) is 3.20. The van der Waals surface area contributed by atoms with Crippen LogP contribution in [0.15, 0.2) is 42.7 Å². The summed E-state index contributed by atoms with van der Waals surface area (Å²) < 4.78 is 8.03. The van der Waals surface area contributed by atoms with Gasteiger partial charge in [-0.15, -0.1) is 0 Å². The predicted octanol–water partition coefficient (Wildman–Crippen LogP) is 3.02. The molecule has 108 valence electrons. The molecule has 1 heterocycles.